The highest BCUT2D eigenvalue weighted by molar-refractivity contribution is 5.95. The summed E-state index contributed by atoms with van der Waals surface area (Å²) in [4.78, 5) is 46.8. The largest absolute Gasteiger partial charge is 0.483 e. The number of carbonyl (C=O) groups is 3. The van der Waals surface area contributed by atoms with Crippen LogP contribution in [0.4, 0.5) is 11.4 Å². The van der Waals surface area contributed by atoms with Gasteiger partial charge in [0.1, 0.15) is 5.75 Å². The second kappa shape index (κ2) is 9.45. The zero-order valence-electron chi connectivity index (χ0n) is 16.3. The number of nitro groups is 1. The normalized spacial score (nSPS) is 10.2. The van der Waals surface area contributed by atoms with Gasteiger partial charge in [0.25, 0.3) is 11.6 Å². The van der Waals surface area contributed by atoms with E-state index < -0.39 is 17.4 Å². The van der Waals surface area contributed by atoms with Gasteiger partial charge in [-0.2, -0.15) is 0 Å². The maximum Gasteiger partial charge on any atom is 0.270 e. The number of amides is 2. The maximum atomic E-state index is 12.2. The molecule has 9 heteroatoms. The predicted molar refractivity (Wildman–Crippen MR) is 106 cm³/mol. The molecule has 2 rings (SSSR count). The second-order valence-electron chi connectivity index (χ2n) is 6.50. The number of nitrogens with one attached hydrogen (secondary N) is 1. The van der Waals surface area contributed by atoms with E-state index in [4.69, 9.17) is 4.74 Å². The Morgan fingerprint density at radius 2 is 1.93 bits per heavy atom. The zero-order valence-corrected chi connectivity index (χ0v) is 16.3. The molecular weight excluding hydrogens is 378 g/mol. The van der Waals surface area contributed by atoms with E-state index in [1.54, 1.807) is 0 Å². The Labute approximate surface area is 167 Å². The number of likely N-dealkylation sites (N-methyl/N-ethyl adjacent to an activating group) is 1. The molecule has 0 aliphatic rings. The lowest BCUT2D eigenvalue weighted by Gasteiger charge is -2.18. The van der Waals surface area contributed by atoms with Gasteiger partial charge in [0.2, 0.25) is 5.91 Å². The van der Waals surface area contributed by atoms with Crippen molar-refractivity contribution in [1.82, 2.24) is 4.90 Å². The molecule has 0 fully saturated rings. The summed E-state index contributed by atoms with van der Waals surface area (Å²) in [5, 5.41) is 13.5. The molecule has 2 aromatic rings. The third kappa shape index (κ3) is 5.86. The average molecular weight is 399 g/mol. The summed E-state index contributed by atoms with van der Waals surface area (Å²) in [6.07, 6.45) is 0.411. The number of aryl methyl sites for hydroxylation is 2. The van der Waals surface area contributed by atoms with Crippen molar-refractivity contribution < 1.29 is 24.0 Å². The van der Waals surface area contributed by atoms with Crippen LogP contribution in [0.25, 0.3) is 0 Å². The van der Waals surface area contributed by atoms with E-state index >= 15 is 0 Å². The van der Waals surface area contributed by atoms with E-state index in [0.717, 1.165) is 17.2 Å². The lowest BCUT2D eigenvalue weighted by atomic mass is 10.1. The van der Waals surface area contributed by atoms with Crippen LogP contribution in [0.5, 0.6) is 5.75 Å². The molecule has 0 unspecified atom stereocenters. The van der Waals surface area contributed by atoms with Crippen LogP contribution in [0.15, 0.2) is 36.4 Å². The number of nitrogens with zero attached hydrogens (tertiary/aromatic N) is 2. The van der Waals surface area contributed by atoms with Gasteiger partial charge in [-0.05, 0) is 37.1 Å². The molecule has 0 saturated heterocycles. The Kier molecular flexibility index (Phi) is 7.02. The van der Waals surface area contributed by atoms with E-state index in [-0.39, 0.29) is 29.5 Å². The highest BCUT2D eigenvalue weighted by atomic mass is 16.6. The molecular formula is C20H21N3O6. The fourth-order valence-electron chi connectivity index (χ4n) is 2.49. The molecule has 2 aromatic carbocycles. The number of carbonyl (C=O) groups excluding carboxylic acids is 3. The Morgan fingerprint density at radius 3 is 2.59 bits per heavy atom. The van der Waals surface area contributed by atoms with Crippen molar-refractivity contribution in [3.63, 3.8) is 0 Å². The van der Waals surface area contributed by atoms with Crippen molar-refractivity contribution in [3.05, 3.63) is 63.2 Å². The lowest BCUT2D eigenvalue weighted by Crippen LogP contribution is -2.37. The first-order chi connectivity index (χ1) is 13.7. The van der Waals surface area contributed by atoms with Gasteiger partial charge in [0, 0.05) is 24.9 Å². The lowest BCUT2D eigenvalue weighted by molar-refractivity contribution is -0.384. The van der Waals surface area contributed by atoms with Crippen LogP contribution in [0.1, 0.15) is 21.5 Å². The smallest absolute Gasteiger partial charge is 0.270 e. The van der Waals surface area contributed by atoms with E-state index in [9.17, 15) is 24.5 Å². The van der Waals surface area contributed by atoms with E-state index in [2.05, 4.69) is 5.32 Å². The highest BCUT2D eigenvalue weighted by Crippen LogP contribution is 2.22. The van der Waals surface area contributed by atoms with Gasteiger partial charge in [0.15, 0.2) is 12.9 Å². The van der Waals surface area contributed by atoms with Crippen LogP contribution in [0, 0.1) is 24.0 Å². The van der Waals surface area contributed by atoms with E-state index in [1.807, 2.05) is 32.0 Å². The van der Waals surface area contributed by atoms with Crippen LogP contribution in [0.3, 0.4) is 0 Å². The molecule has 29 heavy (non-hydrogen) atoms. The number of hydrogen-bond acceptors (Lipinski definition) is 6. The van der Waals surface area contributed by atoms with Gasteiger partial charge in [-0.3, -0.25) is 24.5 Å². The second-order valence-corrected chi connectivity index (χ2v) is 6.50. The summed E-state index contributed by atoms with van der Waals surface area (Å²) < 4.78 is 5.30. The first kappa shape index (κ1) is 21.5. The Bertz CT molecular complexity index is 957. The summed E-state index contributed by atoms with van der Waals surface area (Å²) in [6.45, 7) is 3.17. The van der Waals surface area contributed by atoms with Gasteiger partial charge >= 0.3 is 0 Å². The zero-order chi connectivity index (χ0) is 21.6. The van der Waals surface area contributed by atoms with Crippen molar-refractivity contribution in [2.24, 2.45) is 0 Å². The fraction of sp³-hybridized carbons (Fsp3) is 0.250. The predicted octanol–water partition coefficient (Wildman–Crippen LogP) is 2.50. The van der Waals surface area contributed by atoms with Crippen LogP contribution in [-0.2, 0) is 9.59 Å². The molecule has 9 nitrogen and oxygen atoms in total. The van der Waals surface area contributed by atoms with Gasteiger partial charge in [-0.25, -0.2) is 0 Å². The minimum atomic E-state index is -0.635. The number of hydrogen-bond donors (Lipinski definition) is 1. The first-order valence-corrected chi connectivity index (χ1v) is 8.68. The number of aldehydes is 1. The van der Waals surface area contributed by atoms with Gasteiger partial charge < -0.3 is 15.0 Å². The molecule has 0 radical (unpaired) electrons. The van der Waals surface area contributed by atoms with Crippen molar-refractivity contribution in [3.8, 4) is 5.75 Å². The SMILES string of the molecule is Cc1ccc(C)c(NC(=O)CN(C)C(=O)COc2ccc([N+](=O)[O-])cc2C=O)c1. The molecule has 0 spiro atoms. The molecule has 0 heterocycles. The summed E-state index contributed by atoms with van der Waals surface area (Å²) in [7, 11) is 1.45. The van der Waals surface area contributed by atoms with Gasteiger partial charge in [0.05, 0.1) is 17.0 Å². The average Bonchev–Trinajstić information content (AvgIpc) is 2.68. The Balaban J connectivity index is 1.93. The van der Waals surface area contributed by atoms with Crippen LogP contribution in [0.2, 0.25) is 0 Å². The third-order valence-corrected chi connectivity index (χ3v) is 4.16. The van der Waals surface area contributed by atoms with Crippen molar-refractivity contribution in [1.29, 1.82) is 0 Å². The summed E-state index contributed by atoms with van der Waals surface area (Å²) in [5.74, 6) is -0.804. The van der Waals surface area contributed by atoms with Crippen molar-refractivity contribution >= 4 is 29.5 Å². The van der Waals surface area contributed by atoms with E-state index in [0.29, 0.717) is 12.0 Å². The number of ether oxygens (including phenoxy) is 1. The maximum absolute atomic E-state index is 12.2. The van der Waals surface area contributed by atoms with Crippen LogP contribution in [-0.4, -0.2) is 48.1 Å². The molecule has 152 valence electrons. The summed E-state index contributed by atoms with van der Waals surface area (Å²) in [6, 6.07) is 9.16. The third-order valence-electron chi connectivity index (χ3n) is 4.16. The molecule has 0 aliphatic heterocycles. The molecule has 0 atom stereocenters. The van der Waals surface area contributed by atoms with Gasteiger partial charge in [-0.15, -0.1) is 0 Å². The van der Waals surface area contributed by atoms with Crippen molar-refractivity contribution in [2.75, 3.05) is 25.5 Å². The standard InChI is InChI=1S/C20H21N3O6/c1-13-4-5-14(2)17(8-13)21-19(25)10-22(3)20(26)12-29-18-7-6-16(23(27)28)9-15(18)11-24/h4-9,11H,10,12H2,1-3H3,(H,21,25). The van der Waals surface area contributed by atoms with Gasteiger partial charge in [-0.1, -0.05) is 12.1 Å². The molecule has 1 N–H and O–H groups in total. The molecule has 0 saturated carbocycles. The first-order valence-electron chi connectivity index (χ1n) is 8.68. The minimum absolute atomic E-state index is 0.0395. The summed E-state index contributed by atoms with van der Waals surface area (Å²) in [5.41, 5.74) is 2.28. The van der Waals surface area contributed by atoms with Crippen molar-refractivity contribution in [2.45, 2.75) is 13.8 Å². The molecule has 0 aromatic heterocycles. The van der Waals surface area contributed by atoms with E-state index in [1.165, 1.54) is 24.1 Å². The summed E-state index contributed by atoms with van der Waals surface area (Å²) >= 11 is 0. The Morgan fingerprint density at radius 1 is 1.21 bits per heavy atom. The number of benzene rings is 2. The van der Waals surface area contributed by atoms with Crippen LogP contribution >= 0.6 is 0 Å². The fourth-order valence-corrected chi connectivity index (χ4v) is 2.49. The quantitative estimate of drug-likeness (QED) is 0.414. The molecule has 2 amide bonds. The Hall–Kier alpha value is -3.75. The molecule has 0 aliphatic carbocycles. The number of non-ortho nitro benzene ring substituents is 1. The highest BCUT2D eigenvalue weighted by Gasteiger charge is 2.16. The number of rotatable bonds is 8. The topological polar surface area (TPSA) is 119 Å². The number of nitro benzene ring substituents is 1. The number of anilines is 1. The van der Waals surface area contributed by atoms with Crippen LogP contribution < -0.4 is 10.1 Å². The minimum Gasteiger partial charge on any atom is -0.483 e. The molecule has 0 bridgehead atoms. The monoisotopic (exact) mass is 399 g/mol.